The first kappa shape index (κ1) is 37.3. The van der Waals surface area contributed by atoms with E-state index in [9.17, 15) is 9.59 Å². The normalized spacial score (nSPS) is 10.0. The van der Waals surface area contributed by atoms with Crippen molar-refractivity contribution in [1.82, 2.24) is 15.4 Å². The quantitative estimate of drug-likeness (QED) is 0.0877. The van der Waals surface area contributed by atoms with Gasteiger partial charge in [0.05, 0.1) is 51.3 Å². The Labute approximate surface area is 291 Å². The van der Waals surface area contributed by atoms with E-state index in [1.54, 1.807) is 0 Å². The minimum Gasteiger partial charge on any atom is -0.492 e. The summed E-state index contributed by atoms with van der Waals surface area (Å²) < 4.78 is 8.68. The summed E-state index contributed by atoms with van der Waals surface area (Å²) in [6.07, 6.45) is 2.52. The molecule has 1 heterocycles. The zero-order chi connectivity index (χ0) is 32.4. The standard InChI is InChI=1S/C26H24P2.C6H7N3O4.C5H5.Ru/c1-5-13-23(14-6-1)27(24-15-7-2-8-16-24)21-22-28(25-17-9-3-10-18-25)26-19-11-4-12-20-26;1-12-5(10)3-4(6(11)13-2)8-9-7-3;1-2-4-5-3-1;/h1-20H,21-22H2;1-2H3,(H,7,8,9,10,11);1-5H;/q;;-1;+6/p+1. The molecule has 0 aliphatic carbocycles. The molecule has 0 bridgehead atoms. The third-order valence-electron chi connectivity index (χ3n) is 6.94. The van der Waals surface area contributed by atoms with Gasteiger partial charge in [-0.3, -0.25) is 0 Å². The van der Waals surface area contributed by atoms with Gasteiger partial charge in [0.15, 0.2) is 11.4 Å². The van der Waals surface area contributed by atoms with E-state index >= 15 is 0 Å². The monoisotopic (exact) mass is 751 g/mol. The van der Waals surface area contributed by atoms with Crippen molar-refractivity contribution in [2.24, 2.45) is 0 Å². The van der Waals surface area contributed by atoms with Gasteiger partial charge in [0.25, 0.3) is 0 Å². The molecule has 47 heavy (non-hydrogen) atoms. The maximum Gasteiger partial charge on any atom is 6.00 e. The number of carbonyl (C=O) groups excluding carboxylic acids is 2. The number of esters is 2. The summed E-state index contributed by atoms with van der Waals surface area (Å²) in [5.41, 5.74) is -0.483. The Bertz CT molecular complexity index is 1500. The topological polar surface area (TPSA) is 92.5 Å². The number of aromatic nitrogens is 3. The van der Waals surface area contributed by atoms with Crippen LogP contribution < -0.4 is 26.4 Å². The fourth-order valence-electron chi connectivity index (χ4n) is 4.71. The fourth-order valence-corrected chi connectivity index (χ4v) is 10.9. The summed E-state index contributed by atoms with van der Waals surface area (Å²) in [5.74, 6) is -1.55. The molecular formula is C37H37N3O4P2Ru+6. The predicted octanol–water partition coefficient (Wildman–Crippen LogP) is 5.13. The van der Waals surface area contributed by atoms with E-state index in [-0.39, 0.29) is 30.9 Å². The van der Waals surface area contributed by atoms with Gasteiger partial charge in [0.2, 0.25) is 0 Å². The summed E-state index contributed by atoms with van der Waals surface area (Å²) in [7, 11) is 0.763. The number of rotatable bonds is 9. The van der Waals surface area contributed by atoms with Crippen LogP contribution in [0, 0.1) is 0 Å². The third kappa shape index (κ3) is 11.5. The van der Waals surface area contributed by atoms with Crippen molar-refractivity contribution in [3.8, 4) is 0 Å². The number of carbonyl (C=O) groups is 2. The van der Waals surface area contributed by atoms with Gasteiger partial charge in [-0.05, 0) is 48.5 Å². The molecule has 6 rings (SSSR count). The molecule has 5 aromatic carbocycles. The summed E-state index contributed by atoms with van der Waals surface area (Å²) in [5, 5.41) is 15.9. The van der Waals surface area contributed by atoms with E-state index < -0.39 is 27.8 Å². The van der Waals surface area contributed by atoms with Crippen molar-refractivity contribution in [3.63, 3.8) is 0 Å². The maximum absolute atomic E-state index is 10.9. The zero-order valence-corrected chi connectivity index (χ0v) is 29.9. The Hall–Kier alpha value is -4.21. The Morgan fingerprint density at radius 3 is 1.09 bits per heavy atom. The first-order chi connectivity index (χ1) is 22.6. The summed E-state index contributed by atoms with van der Waals surface area (Å²) >= 11 is 0. The molecule has 0 N–H and O–H groups in total. The van der Waals surface area contributed by atoms with Crippen LogP contribution in [0.25, 0.3) is 0 Å². The van der Waals surface area contributed by atoms with Crippen LogP contribution in [0.3, 0.4) is 0 Å². The molecule has 7 nitrogen and oxygen atoms in total. The molecule has 0 saturated carbocycles. The average molecular weight is 751 g/mol. The smallest absolute Gasteiger partial charge is 0.492 e. The van der Waals surface area contributed by atoms with Crippen LogP contribution in [0.5, 0.6) is 0 Å². The van der Waals surface area contributed by atoms with Gasteiger partial charge in [0, 0.05) is 0 Å². The van der Waals surface area contributed by atoms with Crippen LogP contribution in [-0.4, -0.2) is 48.7 Å². The molecule has 0 unspecified atom stereocenters. The molecular weight excluding hydrogens is 713 g/mol. The number of nitrogens with zero attached hydrogens (tertiary/aromatic N) is 3. The predicted molar refractivity (Wildman–Crippen MR) is 191 cm³/mol. The van der Waals surface area contributed by atoms with Crippen LogP contribution >= 0.6 is 15.8 Å². The minimum absolute atomic E-state index is 0. The molecule has 10 heteroatoms. The Kier molecular flexibility index (Phi) is 16.5. The van der Waals surface area contributed by atoms with Crippen LogP contribution in [-0.2, 0) is 29.0 Å². The molecule has 6 aromatic rings. The zero-order valence-electron chi connectivity index (χ0n) is 26.2. The fraction of sp³-hybridized carbons (Fsp3) is 0.108. The molecule has 0 aliphatic rings. The van der Waals surface area contributed by atoms with Crippen LogP contribution in [0.2, 0.25) is 0 Å². The number of benzene rings is 4. The maximum atomic E-state index is 10.9. The van der Waals surface area contributed by atoms with Crippen molar-refractivity contribution in [1.29, 1.82) is 0 Å². The van der Waals surface area contributed by atoms with E-state index in [0.717, 1.165) is 14.2 Å². The van der Waals surface area contributed by atoms with E-state index in [4.69, 9.17) is 0 Å². The van der Waals surface area contributed by atoms with E-state index in [0.29, 0.717) is 0 Å². The molecule has 0 saturated heterocycles. The number of methoxy groups -OCH3 is 2. The van der Waals surface area contributed by atoms with Gasteiger partial charge >= 0.3 is 31.4 Å². The molecule has 0 amide bonds. The second-order valence-corrected chi connectivity index (χ2v) is 15.1. The average Bonchev–Trinajstić information content (AvgIpc) is 3.88. The molecule has 0 fully saturated rings. The Morgan fingerprint density at radius 2 is 0.851 bits per heavy atom. The van der Waals surface area contributed by atoms with Crippen molar-refractivity contribution in [3.05, 3.63) is 163 Å². The largest absolute Gasteiger partial charge is 6.00 e. The SMILES string of the molecule is COC(=O)c1n[n-]nc1C(=O)OC.[Ru+6].c1cc[cH-]c1.c1ccc([PH+](CC[PH+](c2ccccc2)c2ccccc2)c2ccccc2)cc1. The van der Waals surface area contributed by atoms with E-state index in [1.165, 1.54) is 33.5 Å². The van der Waals surface area contributed by atoms with Gasteiger partial charge < -0.3 is 24.9 Å². The number of ether oxygens (including phenoxy) is 2. The Balaban J connectivity index is 0.000000261. The van der Waals surface area contributed by atoms with Crippen molar-refractivity contribution in [2.75, 3.05) is 26.5 Å². The summed E-state index contributed by atoms with van der Waals surface area (Å²) in [6, 6.07) is 54.5. The van der Waals surface area contributed by atoms with Crippen LogP contribution in [0.4, 0.5) is 0 Å². The van der Waals surface area contributed by atoms with Crippen molar-refractivity contribution < 1.29 is 38.5 Å². The van der Waals surface area contributed by atoms with E-state index in [2.05, 4.69) is 146 Å². The first-order valence-corrected chi connectivity index (χ1v) is 18.2. The molecule has 0 aliphatic heterocycles. The first-order valence-electron chi connectivity index (χ1n) is 14.7. The third-order valence-corrected chi connectivity index (χ3v) is 13.1. The molecule has 0 atom stereocenters. The van der Waals surface area contributed by atoms with Crippen molar-refractivity contribution in [2.45, 2.75) is 0 Å². The second kappa shape index (κ2) is 20.8. The van der Waals surface area contributed by atoms with Gasteiger partial charge in [-0.2, -0.15) is 18.2 Å². The second-order valence-electron chi connectivity index (χ2n) is 9.85. The summed E-state index contributed by atoms with van der Waals surface area (Å²) in [4.78, 5) is 21.9. The van der Waals surface area contributed by atoms with Gasteiger partial charge in [0.1, 0.15) is 12.3 Å². The van der Waals surface area contributed by atoms with Crippen LogP contribution in [0.1, 0.15) is 21.0 Å². The van der Waals surface area contributed by atoms with Gasteiger partial charge in [-0.25, -0.2) is 21.7 Å². The number of hydrogen-bond acceptors (Lipinski definition) is 6. The van der Waals surface area contributed by atoms with Crippen LogP contribution in [0.15, 0.2) is 152 Å². The molecule has 0 spiro atoms. The number of hydrogen-bond donors (Lipinski definition) is 0. The van der Waals surface area contributed by atoms with Gasteiger partial charge in [-0.1, -0.05) is 72.8 Å². The molecule has 236 valence electrons. The minimum atomic E-state index is -0.783. The molecule has 1 aromatic heterocycles. The Morgan fingerprint density at radius 1 is 0.553 bits per heavy atom. The summed E-state index contributed by atoms with van der Waals surface area (Å²) in [6.45, 7) is 0. The van der Waals surface area contributed by atoms with Crippen molar-refractivity contribution >= 4 is 49.0 Å². The molecule has 0 radical (unpaired) electrons. The van der Waals surface area contributed by atoms with E-state index in [1.807, 2.05) is 30.3 Å². The van der Waals surface area contributed by atoms with Gasteiger partial charge in [-0.15, -0.1) is 0 Å².